The lowest BCUT2D eigenvalue weighted by atomic mass is 9.89. The third-order valence-corrected chi connectivity index (χ3v) is 4.84. The molecule has 1 aliphatic rings. The van der Waals surface area contributed by atoms with Crippen molar-refractivity contribution in [1.29, 1.82) is 0 Å². The number of hydrogen-bond acceptors (Lipinski definition) is 7. The van der Waals surface area contributed by atoms with Crippen molar-refractivity contribution in [2.45, 2.75) is 13.5 Å². The fraction of sp³-hybridized carbons (Fsp3) is 0.294. The topological polar surface area (TPSA) is 102 Å². The van der Waals surface area contributed by atoms with Crippen molar-refractivity contribution in [2.75, 3.05) is 18.5 Å². The Balaban J connectivity index is 1.43. The molecule has 8 nitrogen and oxygen atoms in total. The van der Waals surface area contributed by atoms with Gasteiger partial charge in [-0.1, -0.05) is 24.3 Å². The molecule has 0 atom stereocenters. The number of hydrogen-bond donors (Lipinski definition) is 2. The second-order valence-electron chi connectivity index (χ2n) is 6.65. The molecule has 2 N–H and O–H groups in total. The molecule has 0 unspecified atom stereocenters. The van der Waals surface area contributed by atoms with E-state index in [0.29, 0.717) is 30.6 Å². The number of carbonyl (C=O) groups is 1. The Morgan fingerprint density at radius 1 is 1.46 bits per heavy atom. The standard InChI is InChI=1S/C17H17N5O3S/c1-17(9-25-10-17)8-22-6-13(20-21-22)15(24)19-16-18-14(7-26-16)11-3-2-4-12(23)5-11/h2-7,23H,8-10H2,1H3,(H,18,19,24). The van der Waals surface area contributed by atoms with Crippen LogP contribution in [0.5, 0.6) is 5.75 Å². The zero-order valence-corrected chi connectivity index (χ0v) is 14.9. The molecule has 134 valence electrons. The van der Waals surface area contributed by atoms with Crippen molar-refractivity contribution in [3.05, 3.63) is 41.5 Å². The first-order valence-electron chi connectivity index (χ1n) is 8.05. The molecule has 4 rings (SSSR count). The molecule has 26 heavy (non-hydrogen) atoms. The van der Waals surface area contributed by atoms with E-state index in [0.717, 1.165) is 5.56 Å². The molecule has 1 amide bonds. The third-order valence-electron chi connectivity index (χ3n) is 4.08. The number of phenolic OH excluding ortho intramolecular Hbond substituents is 1. The number of phenols is 1. The van der Waals surface area contributed by atoms with Crippen LogP contribution in [0.3, 0.4) is 0 Å². The summed E-state index contributed by atoms with van der Waals surface area (Å²) in [6, 6.07) is 6.81. The number of amides is 1. The van der Waals surface area contributed by atoms with E-state index in [-0.39, 0.29) is 22.8 Å². The highest BCUT2D eigenvalue weighted by atomic mass is 32.1. The predicted molar refractivity (Wildman–Crippen MR) is 96.1 cm³/mol. The highest BCUT2D eigenvalue weighted by molar-refractivity contribution is 7.14. The Kier molecular flexibility index (Phi) is 4.17. The highest BCUT2D eigenvalue weighted by Crippen LogP contribution is 2.29. The summed E-state index contributed by atoms with van der Waals surface area (Å²) in [7, 11) is 0. The number of thiazole rings is 1. The molecular formula is C17H17N5O3S. The molecule has 0 radical (unpaired) electrons. The molecule has 3 aromatic rings. The Labute approximate surface area is 153 Å². The van der Waals surface area contributed by atoms with Crippen molar-refractivity contribution >= 4 is 22.4 Å². The van der Waals surface area contributed by atoms with E-state index >= 15 is 0 Å². The van der Waals surface area contributed by atoms with Gasteiger partial charge in [-0.15, -0.1) is 16.4 Å². The first-order chi connectivity index (χ1) is 12.5. The van der Waals surface area contributed by atoms with E-state index < -0.39 is 0 Å². The van der Waals surface area contributed by atoms with E-state index in [9.17, 15) is 9.90 Å². The molecule has 1 aromatic carbocycles. The Morgan fingerprint density at radius 2 is 2.31 bits per heavy atom. The number of aromatic nitrogens is 4. The van der Waals surface area contributed by atoms with Gasteiger partial charge in [0.1, 0.15) is 5.75 Å². The van der Waals surface area contributed by atoms with Crippen LogP contribution in [0.4, 0.5) is 5.13 Å². The average molecular weight is 371 g/mol. The molecule has 1 saturated heterocycles. The predicted octanol–water partition coefficient (Wildman–Crippen LogP) is 2.40. The zero-order valence-electron chi connectivity index (χ0n) is 14.0. The molecule has 1 aliphatic heterocycles. The summed E-state index contributed by atoms with van der Waals surface area (Å²) in [5.41, 5.74) is 1.75. The van der Waals surface area contributed by atoms with Gasteiger partial charge in [0.2, 0.25) is 0 Å². The Morgan fingerprint density at radius 3 is 3.04 bits per heavy atom. The van der Waals surface area contributed by atoms with Crippen molar-refractivity contribution in [3.63, 3.8) is 0 Å². The number of anilines is 1. The maximum atomic E-state index is 12.4. The van der Waals surface area contributed by atoms with E-state index in [1.165, 1.54) is 11.3 Å². The van der Waals surface area contributed by atoms with Gasteiger partial charge in [-0.2, -0.15) is 0 Å². The third kappa shape index (κ3) is 3.44. The van der Waals surface area contributed by atoms with Crippen LogP contribution in [-0.2, 0) is 11.3 Å². The summed E-state index contributed by atoms with van der Waals surface area (Å²) in [5.74, 6) is -0.189. The van der Waals surface area contributed by atoms with Crippen LogP contribution in [0, 0.1) is 5.41 Å². The summed E-state index contributed by atoms with van der Waals surface area (Å²) in [6.45, 7) is 4.14. The van der Waals surface area contributed by atoms with Crippen molar-refractivity contribution in [3.8, 4) is 17.0 Å². The summed E-state index contributed by atoms with van der Waals surface area (Å²) in [6.07, 6.45) is 1.63. The lowest BCUT2D eigenvalue weighted by Crippen LogP contribution is -2.43. The van der Waals surface area contributed by atoms with Crippen molar-refractivity contribution < 1.29 is 14.6 Å². The Bertz CT molecular complexity index is 947. The first-order valence-corrected chi connectivity index (χ1v) is 8.93. The number of ether oxygens (including phenoxy) is 1. The molecule has 0 saturated carbocycles. The maximum absolute atomic E-state index is 12.4. The van der Waals surface area contributed by atoms with Crippen LogP contribution in [0.1, 0.15) is 17.4 Å². The summed E-state index contributed by atoms with van der Waals surface area (Å²) in [5, 5.41) is 22.5. The quantitative estimate of drug-likeness (QED) is 0.714. The number of carbonyl (C=O) groups excluding carboxylic acids is 1. The van der Waals surface area contributed by atoms with Gasteiger partial charge in [0.05, 0.1) is 31.6 Å². The summed E-state index contributed by atoms with van der Waals surface area (Å²) >= 11 is 1.31. The molecule has 0 bridgehead atoms. The number of nitrogens with one attached hydrogen (secondary N) is 1. The molecule has 2 aromatic heterocycles. The van der Waals surface area contributed by atoms with Gasteiger partial charge in [0, 0.05) is 16.4 Å². The molecule has 3 heterocycles. The maximum Gasteiger partial charge on any atom is 0.279 e. The van der Waals surface area contributed by atoms with Crippen LogP contribution in [-0.4, -0.2) is 44.2 Å². The smallest absolute Gasteiger partial charge is 0.279 e. The lowest BCUT2D eigenvalue weighted by molar-refractivity contribution is -0.111. The van der Waals surface area contributed by atoms with Crippen molar-refractivity contribution in [2.24, 2.45) is 5.41 Å². The zero-order chi connectivity index (χ0) is 18.1. The minimum absolute atomic E-state index is 0.0485. The molecular weight excluding hydrogens is 354 g/mol. The summed E-state index contributed by atoms with van der Waals surface area (Å²) in [4.78, 5) is 16.7. The Hall–Kier alpha value is -2.78. The number of nitrogens with zero attached hydrogens (tertiary/aromatic N) is 4. The minimum Gasteiger partial charge on any atom is -0.508 e. The van der Waals surface area contributed by atoms with Gasteiger partial charge in [0.15, 0.2) is 10.8 Å². The van der Waals surface area contributed by atoms with Gasteiger partial charge in [0.25, 0.3) is 5.91 Å². The van der Waals surface area contributed by atoms with Gasteiger partial charge < -0.3 is 9.84 Å². The van der Waals surface area contributed by atoms with Crippen LogP contribution in [0.25, 0.3) is 11.3 Å². The lowest BCUT2D eigenvalue weighted by Gasteiger charge is -2.37. The minimum atomic E-state index is -0.358. The SMILES string of the molecule is CC1(Cn2cc(C(=O)Nc3nc(-c4cccc(O)c4)cs3)nn2)COC1. The summed E-state index contributed by atoms with van der Waals surface area (Å²) < 4.78 is 6.89. The van der Waals surface area contributed by atoms with Gasteiger partial charge in [-0.3, -0.25) is 14.8 Å². The molecule has 1 fully saturated rings. The van der Waals surface area contributed by atoms with E-state index in [4.69, 9.17) is 4.74 Å². The first kappa shape index (κ1) is 16.7. The van der Waals surface area contributed by atoms with Crippen molar-refractivity contribution in [1.82, 2.24) is 20.0 Å². The normalized spacial score (nSPS) is 15.4. The fourth-order valence-corrected chi connectivity index (χ4v) is 3.42. The van der Waals surface area contributed by atoms with Crippen LogP contribution in [0.15, 0.2) is 35.8 Å². The van der Waals surface area contributed by atoms with Crippen LogP contribution >= 0.6 is 11.3 Å². The van der Waals surface area contributed by atoms with E-state index in [2.05, 4.69) is 27.5 Å². The van der Waals surface area contributed by atoms with Crippen LogP contribution in [0.2, 0.25) is 0 Å². The van der Waals surface area contributed by atoms with Crippen LogP contribution < -0.4 is 5.32 Å². The second-order valence-corrected chi connectivity index (χ2v) is 7.51. The van der Waals surface area contributed by atoms with E-state index in [1.807, 2.05) is 11.4 Å². The molecule has 9 heteroatoms. The monoisotopic (exact) mass is 371 g/mol. The number of aromatic hydroxyl groups is 1. The fourth-order valence-electron chi connectivity index (χ4n) is 2.70. The molecule has 0 spiro atoms. The number of rotatable bonds is 5. The van der Waals surface area contributed by atoms with Gasteiger partial charge >= 0.3 is 0 Å². The number of benzene rings is 1. The largest absolute Gasteiger partial charge is 0.508 e. The highest BCUT2D eigenvalue weighted by Gasteiger charge is 2.34. The van der Waals surface area contributed by atoms with Gasteiger partial charge in [-0.25, -0.2) is 4.98 Å². The average Bonchev–Trinajstić information content (AvgIpc) is 3.23. The van der Waals surface area contributed by atoms with E-state index in [1.54, 1.807) is 29.1 Å². The molecule has 0 aliphatic carbocycles. The second kappa shape index (κ2) is 6.50. The van der Waals surface area contributed by atoms with Gasteiger partial charge in [-0.05, 0) is 12.1 Å².